The molecule has 3 aromatic rings. The Kier molecular flexibility index (Phi) is 4.02. The molecule has 0 atom stereocenters. The fraction of sp³-hybridized carbons (Fsp3) is 0. The van der Waals surface area contributed by atoms with Gasteiger partial charge < -0.3 is 4.42 Å². The molecule has 2 amide bonds. The Morgan fingerprint density at radius 3 is 2.41 bits per heavy atom. The zero-order valence-corrected chi connectivity index (χ0v) is 12.2. The molecule has 3 rings (SSSR count). The van der Waals surface area contributed by atoms with E-state index in [1.807, 2.05) is 35.7 Å². The van der Waals surface area contributed by atoms with Crippen molar-refractivity contribution in [1.82, 2.24) is 10.9 Å². The molecule has 0 aliphatic heterocycles. The molecule has 0 saturated heterocycles. The smallest absolute Gasteiger partial charge is 0.305 e. The van der Waals surface area contributed by atoms with E-state index < -0.39 is 5.91 Å². The van der Waals surface area contributed by atoms with Gasteiger partial charge in [-0.15, -0.1) is 11.3 Å². The summed E-state index contributed by atoms with van der Waals surface area (Å²) in [5.41, 5.74) is 6.68. The predicted molar refractivity (Wildman–Crippen MR) is 83.4 cm³/mol. The third kappa shape index (κ3) is 3.07. The molecule has 2 N–H and O–H groups in total. The summed E-state index contributed by atoms with van der Waals surface area (Å²) in [4.78, 5) is 24.2. The van der Waals surface area contributed by atoms with E-state index in [1.165, 1.54) is 23.7 Å². The Morgan fingerprint density at radius 2 is 1.68 bits per heavy atom. The molecule has 0 fully saturated rings. The summed E-state index contributed by atoms with van der Waals surface area (Å²) < 4.78 is 4.93. The van der Waals surface area contributed by atoms with Gasteiger partial charge in [0.1, 0.15) is 0 Å². The second kappa shape index (κ2) is 6.28. The minimum Gasteiger partial charge on any atom is -0.459 e. The maximum Gasteiger partial charge on any atom is 0.305 e. The van der Waals surface area contributed by atoms with Crippen LogP contribution in [0.15, 0.2) is 64.6 Å². The predicted octanol–water partition coefficient (Wildman–Crippen LogP) is 3.08. The highest BCUT2D eigenvalue weighted by molar-refractivity contribution is 7.12. The van der Waals surface area contributed by atoms with E-state index in [9.17, 15) is 9.59 Å². The van der Waals surface area contributed by atoms with Crippen LogP contribution in [0, 0.1) is 0 Å². The second-order valence-corrected chi connectivity index (χ2v) is 5.36. The van der Waals surface area contributed by atoms with Crippen LogP contribution in [-0.2, 0) is 0 Å². The Bertz CT molecular complexity index is 779. The fourth-order valence-corrected chi connectivity index (χ4v) is 2.69. The molecule has 0 spiro atoms. The SMILES string of the molecule is O=C(NNC(=O)c1cc(-c2ccccc2)cs1)c1ccco1. The number of rotatable bonds is 3. The lowest BCUT2D eigenvalue weighted by Gasteiger charge is -2.03. The van der Waals surface area contributed by atoms with Crippen LogP contribution in [0.1, 0.15) is 20.2 Å². The monoisotopic (exact) mass is 312 g/mol. The number of hydrazine groups is 1. The van der Waals surface area contributed by atoms with Crippen molar-refractivity contribution < 1.29 is 14.0 Å². The maximum absolute atomic E-state index is 12.0. The van der Waals surface area contributed by atoms with Gasteiger partial charge in [0.25, 0.3) is 5.91 Å². The average molecular weight is 312 g/mol. The molecular weight excluding hydrogens is 300 g/mol. The number of hydrogen-bond acceptors (Lipinski definition) is 4. The zero-order chi connectivity index (χ0) is 15.4. The van der Waals surface area contributed by atoms with Gasteiger partial charge in [0.05, 0.1) is 11.1 Å². The highest BCUT2D eigenvalue weighted by atomic mass is 32.1. The van der Waals surface area contributed by atoms with Crippen molar-refractivity contribution in [3.8, 4) is 11.1 Å². The molecule has 0 unspecified atom stereocenters. The largest absolute Gasteiger partial charge is 0.459 e. The summed E-state index contributed by atoms with van der Waals surface area (Å²) in [6.45, 7) is 0. The van der Waals surface area contributed by atoms with Gasteiger partial charge in [-0.25, -0.2) is 0 Å². The minimum atomic E-state index is -0.502. The summed E-state index contributed by atoms with van der Waals surface area (Å²) >= 11 is 1.31. The summed E-state index contributed by atoms with van der Waals surface area (Å²) in [6, 6.07) is 14.7. The van der Waals surface area contributed by atoms with E-state index in [4.69, 9.17) is 4.42 Å². The molecule has 0 bridgehead atoms. The fourth-order valence-electron chi connectivity index (χ4n) is 1.88. The third-order valence-corrected chi connectivity index (χ3v) is 3.89. The highest BCUT2D eigenvalue weighted by Crippen LogP contribution is 2.25. The van der Waals surface area contributed by atoms with Gasteiger partial charge in [0.2, 0.25) is 0 Å². The summed E-state index contributed by atoms with van der Waals surface area (Å²) in [5, 5.41) is 1.90. The van der Waals surface area contributed by atoms with Crippen molar-refractivity contribution in [2.75, 3.05) is 0 Å². The standard InChI is InChI=1S/C16H12N2O3S/c19-15(13-7-4-8-21-13)17-18-16(20)14-9-12(10-22-14)11-5-2-1-3-6-11/h1-10H,(H,17,19)(H,18,20). The number of carbonyl (C=O) groups excluding carboxylic acids is 2. The van der Waals surface area contributed by atoms with Crippen LogP contribution in [0.5, 0.6) is 0 Å². The van der Waals surface area contributed by atoms with Crippen LogP contribution in [0.3, 0.4) is 0 Å². The topological polar surface area (TPSA) is 71.3 Å². The van der Waals surface area contributed by atoms with Gasteiger partial charge in [-0.2, -0.15) is 0 Å². The lowest BCUT2D eigenvalue weighted by molar-refractivity contribution is 0.0833. The number of amides is 2. The number of furan rings is 1. The Morgan fingerprint density at radius 1 is 0.909 bits per heavy atom. The first-order valence-corrected chi connectivity index (χ1v) is 7.40. The second-order valence-electron chi connectivity index (χ2n) is 4.45. The van der Waals surface area contributed by atoms with Crippen molar-refractivity contribution >= 4 is 23.2 Å². The summed E-state index contributed by atoms with van der Waals surface area (Å²) in [7, 11) is 0. The van der Waals surface area contributed by atoms with Gasteiger partial charge in [-0.05, 0) is 34.7 Å². The molecule has 0 aliphatic carbocycles. The van der Waals surface area contributed by atoms with Crippen molar-refractivity contribution in [1.29, 1.82) is 0 Å². The first-order chi connectivity index (χ1) is 10.7. The van der Waals surface area contributed by atoms with Crippen molar-refractivity contribution in [2.45, 2.75) is 0 Å². The number of thiophene rings is 1. The van der Waals surface area contributed by atoms with Gasteiger partial charge in [0, 0.05) is 0 Å². The minimum absolute atomic E-state index is 0.136. The molecular formula is C16H12N2O3S. The van der Waals surface area contributed by atoms with E-state index in [0.717, 1.165) is 11.1 Å². The molecule has 0 saturated carbocycles. The normalized spacial score (nSPS) is 10.2. The third-order valence-electron chi connectivity index (χ3n) is 2.96. The summed E-state index contributed by atoms with van der Waals surface area (Å²) in [6.07, 6.45) is 1.39. The molecule has 6 heteroatoms. The molecule has 5 nitrogen and oxygen atoms in total. The van der Waals surface area contributed by atoms with E-state index in [0.29, 0.717) is 4.88 Å². The van der Waals surface area contributed by atoms with Crippen molar-refractivity contribution in [3.63, 3.8) is 0 Å². The molecule has 0 radical (unpaired) electrons. The average Bonchev–Trinajstić information content (AvgIpc) is 3.24. The van der Waals surface area contributed by atoms with Gasteiger partial charge in [-0.1, -0.05) is 30.3 Å². The van der Waals surface area contributed by atoms with Crippen LogP contribution >= 0.6 is 11.3 Å². The van der Waals surface area contributed by atoms with Crippen LogP contribution < -0.4 is 10.9 Å². The van der Waals surface area contributed by atoms with Crippen LogP contribution in [0.2, 0.25) is 0 Å². The van der Waals surface area contributed by atoms with Gasteiger partial charge in [-0.3, -0.25) is 20.4 Å². The quantitative estimate of drug-likeness (QED) is 0.730. The van der Waals surface area contributed by atoms with Crippen LogP contribution in [-0.4, -0.2) is 11.8 Å². The van der Waals surface area contributed by atoms with Crippen molar-refractivity contribution in [3.05, 3.63) is 70.8 Å². The zero-order valence-electron chi connectivity index (χ0n) is 11.4. The van der Waals surface area contributed by atoms with Gasteiger partial charge >= 0.3 is 5.91 Å². The van der Waals surface area contributed by atoms with E-state index in [2.05, 4.69) is 10.9 Å². The van der Waals surface area contributed by atoms with Crippen LogP contribution in [0.4, 0.5) is 0 Å². The summed E-state index contributed by atoms with van der Waals surface area (Å²) in [5.74, 6) is -0.735. The first-order valence-electron chi connectivity index (χ1n) is 6.52. The Balaban J connectivity index is 1.64. The molecule has 110 valence electrons. The number of benzene rings is 1. The Hall–Kier alpha value is -2.86. The number of carbonyl (C=O) groups is 2. The molecule has 1 aromatic carbocycles. The lowest BCUT2D eigenvalue weighted by Crippen LogP contribution is -2.41. The Labute approximate surface area is 130 Å². The molecule has 22 heavy (non-hydrogen) atoms. The van der Waals surface area contributed by atoms with E-state index >= 15 is 0 Å². The molecule has 0 aliphatic rings. The molecule has 2 aromatic heterocycles. The van der Waals surface area contributed by atoms with Gasteiger partial charge in [0.15, 0.2) is 5.76 Å². The van der Waals surface area contributed by atoms with Crippen molar-refractivity contribution in [2.24, 2.45) is 0 Å². The number of hydrogen-bond donors (Lipinski definition) is 2. The van der Waals surface area contributed by atoms with E-state index in [1.54, 1.807) is 12.1 Å². The van der Waals surface area contributed by atoms with E-state index in [-0.39, 0.29) is 11.7 Å². The van der Waals surface area contributed by atoms with Crippen LogP contribution in [0.25, 0.3) is 11.1 Å². The highest BCUT2D eigenvalue weighted by Gasteiger charge is 2.13. The first kappa shape index (κ1) is 14.1. The lowest BCUT2D eigenvalue weighted by atomic mass is 10.1. The molecule has 2 heterocycles. The number of nitrogens with one attached hydrogen (secondary N) is 2. The maximum atomic E-state index is 12.0.